The summed E-state index contributed by atoms with van der Waals surface area (Å²) < 4.78 is 1.83. The molecule has 0 saturated heterocycles. The van der Waals surface area contributed by atoms with Crippen LogP contribution in [0.3, 0.4) is 0 Å². The fourth-order valence-electron chi connectivity index (χ4n) is 2.70. The van der Waals surface area contributed by atoms with Gasteiger partial charge in [0.1, 0.15) is 11.8 Å². The predicted octanol–water partition coefficient (Wildman–Crippen LogP) is 3.42. The summed E-state index contributed by atoms with van der Waals surface area (Å²) in [7, 11) is 0. The summed E-state index contributed by atoms with van der Waals surface area (Å²) in [6.07, 6.45) is 0.774. The minimum absolute atomic E-state index is 0.491. The highest BCUT2D eigenvalue weighted by atomic mass is 35.5. The Morgan fingerprint density at radius 3 is 2.67 bits per heavy atom. The van der Waals surface area contributed by atoms with E-state index in [9.17, 15) is 4.79 Å². The van der Waals surface area contributed by atoms with E-state index < -0.39 is 0 Å². The SMILES string of the molecule is Cc1ccc2nc(C)c3nnc(-c4cc(C=O)ccc4Cl)n3c2n1. The first-order chi connectivity index (χ1) is 11.6. The summed E-state index contributed by atoms with van der Waals surface area (Å²) in [5, 5.41) is 9.00. The second kappa shape index (κ2) is 5.35. The molecule has 0 radical (unpaired) electrons. The molecule has 118 valence electrons. The molecular weight excluding hydrogens is 326 g/mol. The van der Waals surface area contributed by atoms with Crippen LogP contribution in [0.25, 0.3) is 28.2 Å². The van der Waals surface area contributed by atoms with E-state index >= 15 is 0 Å². The summed E-state index contributed by atoms with van der Waals surface area (Å²) in [6.45, 7) is 3.78. The van der Waals surface area contributed by atoms with Gasteiger partial charge in [-0.15, -0.1) is 10.2 Å². The third-order valence-corrected chi connectivity index (χ3v) is 4.18. The molecule has 0 aliphatic heterocycles. The molecule has 3 heterocycles. The minimum atomic E-state index is 0.491. The van der Waals surface area contributed by atoms with Crippen molar-refractivity contribution in [2.24, 2.45) is 0 Å². The number of hydrogen-bond acceptors (Lipinski definition) is 5. The zero-order chi connectivity index (χ0) is 16.8. The lowest BCUT2D eigenvalue weighted by Gasteiger charge is -2.08. The Balaban J connectivity index is 2.16. The van der Waals surface area contributed by atoms with Gasteiger partial charge in [-0.1, -0.05) is 17.7 Å². The fourth-order valence-corrected chi connectivity index (χ4v) is 2.90. The molecule has 0 aliphatic carbocycles. The first-order valence-electron chi connectivity index (χ1n) is 7.32. The lowest BCUT2D eigenvalue weighted by molar-refractivity contribution is 0.112. The largest absolute Gasteiger partial charge is 0.298 e. The smallest absolute Gasteiger partial charge is 0.184 e. The zero-order valence-electron chi connectivity index (χ0n) is 13.0. The number of fused-ring (bicyclic) bond motifs is 3. The van der Waals surface area contributed by atoms with Crippen molar-refractivity contribution in [1.82, 2.24) is 24.6 Å². The van der Waals surface area contributed by atoms with Crippen LogP contribution in [-0.2, 0) is 0 Å². The fraction of sp³-hybridized carbons (Fsp3) is 0.118. The molecule has 0 fully saturated rings. The van der Waals surface area contributed by atoms with Gasteiger partial charge in [-0.25, -0.2) is 9.97 Å². The number of halogens is 1. The topological polar surface area (TPSA) is 73.0 Å². The molecule has 1 aromatic carbocycles. The Bertz CT molecular complexity index is 1120. The molecular formula is C17H12ClN5O. The summed E-state index contributed by atoms with van der Waals surface area (Å²) in [5.74, 6) is 0.535. The molecule has 0 bridgehead atoms. The Morgan fingerprint density at radius 2 is 1.88 bits per heavy atom. The van der Waals surface area contributed by atoms with Crippen LogP contribution in [0.4, 0.5) is 0 Å². The molecule has 7 heteroatoms. The lowest BCUT2D eigenvalue weighted by atomic mass is 10.1. The van der Waals surface area contributed by atoms with E-state index in [-0.39, 0.29) is 0 Å². The van der Waals surface area contributed by atoms with Crippen molar-refractivity contribution in [1.29, 1.82) is 0 Å². The standard InChI is InChI=1S/C17H12ClN5O/c1-9-3-6-14-17(19-9)23-15(10(2)20-14)21-22-16(23)12-7-11(8-24)4-5-13(12)18/h3-8H,1-2H3. The van der Waals surface area contributed by atoms with E-state index in [0.717, 1.165) is 23.2 Å². The molecule has 0 atom stereocenters. The second-order valence-corrected chi connectivity index (χ2v) is 5.94. The highest BCUT2D eigenvalue weighted by Gasteiger charge is 2.17. The van der Waals surface area contributed by atoms with Crippen LogP contribution in [0.15, 0.2) is 30.3 Å². The van der Waals surface area contributed by atoms with E-state index in [0.29, 0.717) is 33.3 Å². The van der Waals surface area contributed by atoms with Gasteiger partial charge in [0.05, 0.1) is 10.7 Å². The Morgan fingerprint density at radius 1 is 1.04 bits per heavy atom. The van der Waals surface area contributed by atoms with E-state index in [1.54, 1.807) is 18.2 Å². The maximum atomic E-state index is 11.1. The van der Waals surface area contributed by atoms with Gasteiger partial charge in [0.25, 0.3) is 0 Å². The van der Waals surface area contributed by atoms with Crippen molar-refractivity contribution >= 4 is 34.7 Å². The summed E-state index contributed by atoms with van der Waals surface area (Å²) >= 11 is 6.33. The van der Waals surface area contributed by atoms with Crippen molar-refractivity contribution in [3.8, 4) is 11.4 Å². The van der Waals surface area contributed by atoms with Crippen LogP contribution in [-0.4, -0.2) is 30.9 Å². The summed E-state index contributed by atoms with van der Waals surface area (Å²) in [4.78, 5) is 20.2. The number of aromatic nitrogens is 5. The van der Waals surface area contributed by atoms with Crippen molar-refractivity contribution in [2.75, 3.05) is 0 Å². The minimum Gasteiger partial charge on any atom is -0.298 e. The van der Waals surface area contributed by atoms with Crippen LogP contribution in [0.1, 0.15) is 21.7 Å². The van der Waals surface area contributed by atoms with E-state index in [2.05, 4.69) is 20.2 Å². The molecule has 6 nitrogen and oxygen atoms in total. The van der Waals surface area contributed by atoms with Gasteiger partial charge in [0.2, 0.25) is 0 Å². The molecule has 0 amide bonds. The average molecular weight is 338 g/mol. The monoisotopic (exact) mass is 337 g/mol. The maximum absolute atomic E-state index is 11.1. The normalized spacial score (nSPS) is 11.3. The number of hydrogen-bond donors (Lipinski definition) is 0. The maximum Gasteiger partial charge on any atom is 0.184 e. The van der Waals surface area contributed by atoms with E-state index in [1.165, 1.54) is 0 Å². The number of aryl methyl sites for hydroxylation is 2. The first-order valence-corrected chi connectivity index (χ1v) is 7.70. The number of benzene rings is 1. The third kappa shape index (κ3) is 2.15. The van der Waals surface area contributed by atoms with Crippen LogP contribution < -0.4 is 0 Å². The van der Waals surface area contributed by atoms with Gasteiger partial charge in [0.15, 0.2) is 17.1 Å². The number of carbonyl (C=O) groups is 1. The number of nitrogens with zero attached hydrogens (tertiary/aromatic N) is 5. The van der Waals surface area contributed by atoms with Crippen LogP contribution in [0.5, 0.6) is 0 Å². The highest BCUT2D eigenvalue weighted by molar-refractivity contribution is 6.33. The Hall–Kier alpha value is -2.86. The molecule has 4 aromatic rings. The summed E-state index contributed by atoms with van der Waals surface area (Å²) in [6, 6.07) is 8.86. The van der Waals surface area contributed by atoms with Gasteiger partial charge in [0, 0.05) is 16.8 Å². The lowest BCUT2D eigenvalue weighted by Crippen LogP contribution is -2.00. The molecule has 0 N–H and O–H groups in total. The molecule has 4 rings (SSSR count). The van der Waals surface area contributed by atoms with Crippen molar-refractivity contribution in [3.05, 3.63) is 52.3 Å². The Kier molecular flexibility index (Phi) is 3.28. The quantitative estimate of drug-likeness (QED) is 0.524. The molecule has 0 spiro atoms. The Labute approximate surface area is 142 Å². The summed E-state index contributed by atoms with van der Waals surface area (Å²) in [5.41, 5.74) is 4.77. The van der Waals surface area contributed by atoms with Gasteiger partial charge in [-0.3, -0.25) is 9.20 Å². The molecule has 3 aromatic heterocycles. The number of pyridine rings is 1. The first kappa shape index (κ1) is 14.7. The van der Waals surface area contributed by atoms with Gasteiger partial charge in [-0.05, 0) is 38.1 Å². The average Bonchev–Trinajstić information content (AvgIpc) is 3.02. The van der Waals surface area contributed by atoms with Crippen LogP contribution in [0, 0.1) is 13.8 Å². The van der Waals surface area contributed by atoms with Crippen molar-refractivity contribution < 1.29 is 4.79 Å². The second-order valence-electron chi connectivity index (χ2n) is 5.53. The van der Waals surface area contributed by atoms with Crippen molar-refractivity contribution in [3.63, 3.8) is 0 Å². The number of aldehydes is 1. The number of carbonyl (C=O) groups excluding carboxylic acids is 1. The molecule has 0 saturated carbocycles. The zero-order valence-corrected chi connectivity index (χ0v) is 13.7. The van der Waals surface area contributed by atoms with Crippen LogP contribution in [0.2, 0.25) is 5.02 Å². The molecule has 24 heavy (non-hydrogen) atoms. The van der Waals surface area contributed by atoms with Crippen molar-refractivity contribution in [2.45, 2.75) is 13.8 Å². The van der Waals surface area contributed by atoms with E-state index in [1.807, 2.05) is 30.4 Å². The predicted molar refractivity (Wildman–Crippen MR) is 91.4 cm³/mol. The number of rotatable bonds is 2. The van der Waals surface area contributed by atoms with Crippen LogP contribution >= 0.6 is 11.6 Å². The van der Waals surface area contributed by atoms with E-state index in [4.69, 9.17) is 11.6 Å². The highest BCUT2D eigenvalue weighted by Crippen LogP contribution is 2.29. The van der Waals surface area contributed by atoms with Gasteiger partial charge in [-0.2, -0.15) is 0 Å². The molecule has 0 unspecified atom stereocenters. The van der Waals surface area contributed by atoms with Gasteiger partial charge >= 0.3 is 0 Å². The molecule has 0 aliphatic rings. The third-order valence-electron chi connectivity index (χ3n) is 3.85. The van der Waals surface area contributed by atoms with Gasteiger partial charge < -0.3 is 0 Å².